The molecule has 108 valence electrons. The maximum atomic E-state index is 12.2. The number of nitrogens with two attached hydrogens (primary N) is 1. The average Bonchev–Trinajstić information content (AvgIpc) is 2.28. The van der Waals surface area contributed by atoms with Gasteiger partial charge in [-0.15, -0.1) is 0 Å². The van der Waals surface area contributed by atoms with Crippen molar-refractivity contribution in [2.45, 2.75) is 30.7 Å². The van der Waals surface area contributed by atoms with Gasteiger partial charge in [0, 0.05) is 7.11 Å². The summed E-state index contributed by atoms with van der Waals surface area (Å²) in [4.78, 5) is 0.248. The molecular formula is C13H22N2O3S. The number of hydrogen-bond acceptors (Lipinski definition) is 4. The largest absolute Gasteiger partial charge is 0.383 e. The van der Waals surface area contributed by atoms with Gasteiger partial charge in [0.2, 0.25) is 10.0 Å². The second-order valence-electron chi connectivity index (χ2n) is 5.11. The van der Waals surface area contributed by atoms with E-state index in [9.17, 15) is 8.42 Å². The van der Waals surface area contributed by atoms with E-state index < -0.39 is 15.6 Å². The number of nitrogens with one attached hydrogen (secondary N) is 1. The third-order valence-electron chi connectivity index (χ3n) is 2.58. The molecule has 0 spiro atoms. The molecule has 0 saturated carbocycles. The Morgan fingerprint density at radius 2 is 1.84 bits per heavy atom. The molecule has 0 aromatic heterocycles. The summed E-state index contributed by atoms with van der Waals surface area (Å²) in [5, 5.41) is 0. The highest BCUT2D eigenvalue weighted by Crippen LogP contribution is 2.14. The molecule has 6 heteroatoms. The van der Waals surface area contributed by atoms with Crippen LogP contribution >= 0.6 is 0 Å². The lowest BCUT2D eigenvalue weighted by atomic mass is 10.1. The van der Waals surface area contributed by atoms with Gasteiger partial charge in [0.25, 0.3) is 0 Å². The Labute approximate surface area is 115 Å². The summed E-state index contributed by atoms with van der Waals surface area (Å²) in [5.41, 5.74) is 5.83. The lowest BCUT2D eigenvalue weighted by Crippen LogP contribution is -2.46. The number of ether oxygens (including phenoxy) is 1. The van der Waals surface area contributed by atoms with Crippen molar-refractivity contribution in [2.24, 2.45) is 5.73 Å². The number of benzene rings is 1. The molecular weight excluding hydrogens is 264 g/mol. The van der Waals surface area contributed by atoms with Crippen LogP contribution in [0.3, 0.4) is 0 Å². The molecule has 0 fully saturated rings. The molecule has 0 aliphatic heterocycles. The minimum Gasteiger partial charge on any atom is -0.383 e. The summed E-state index contributed by atoms with van der Waals surface area (Å²) < 4.78 is 32.0. The van der Waals surface area contributed by atoms with Crippen molar-refractivity contribution in [3.05, 3.63) is 29.8 Å². The molecule has 3 N–H and O–H groups in total. The van der Waals surface area contributed by atoms with Crippen molar-refractivity contribution in [1.82, 2.24) is 4.72 Å². The lowest BCUT2D eigenvalue weighted by molar-refractivity contribution is 0.141. The maximum Gasteiger partial charge on any atom is 0.241 e. The molecule has 0 aliphatic carbocycles. The van der Waals surface area contributed by atoms with Crippen molar-refractivity contribution >= 4 is 10.0 Å². The van der Waals surface area contributed by atoms with E-state index in [1.54, 1.807) is 38.1 Å². The minimum atomic E-state index is -3.53. The van der Waals surface area contributed by atoms with E-state index in [0.717, 1.165) is 12.0 Å². The normalized spacial score (nSPS) is 12.6. The number of hydrogen-bond donors (Lipinski definition) is 2. The third kappa shape index (κ3) is 4.91. The molecule has 0 heterocycles. The Morgan fingerprint density at radius 1 is 1.26 bits per heavy atom. The smallest absolute Gasteiger partial charge is 0.241 e. The van der Waals surface area contributed by atoms with Gasteiger partial charge in [-0.2, -0.15) is 0 Å². The van der Waals surface area contributed by atoms with Gasteiger partial charge in [0.05, 0.1) is 17.0 Å². The zero-order valence-electron chi connectivity index (χ0n) is 11.6. The summed E-state index contributed by atoms with van der Waals surface area (Å²) in [5.74, 6) is 0. The van der Waals surface area contributed by atoms with E-state index in [4.69, 9.17) is 10.5 Å². The highest BCUT2D eigenvalue weighted by molar-refractivity contribution is 7.89. The van der Waals surface area contributed by atoms with Crippen molar-refractivity contribution in [2.75, 3.05) is 20.3 Å². The third-order valence-corrected chi connectivity index (χ3v) is 4.30. The molecule has 19 heavy (non-hydrogen) atoms. The zero-order valence-corrected chi connectivity index (χ0v) is 12.5. The molecule has 1 rings (SSSR count). The molecule has 1 aromatic rings. The van der Waals surface area contributed by atoms with Gasteiger partial charge in [0.15, 0.2) is 0 Å². The molecule has 5 nitrogen and oxygen atoms in total. The fraction of sp³-hybridized carbons (Fsp3) is 0.538. The predicted octanol–water partition coefficient (Wildman–Crippen LogP) is 0.891. The topological polar surface area (TPSA) is 81.4 Å². The van der Waals surface area contributed by atoms with Crippen LogP contribution in [0, 0.1) is 0 Å². The number of methoxy groups -OCH3 is 1. The highest BCUT2D eigenvalue weighted by Gasteiger charge is 2.26. The summed E-state index contributed by atoms with van der Waals surface area (Å²) >= 11 is 0. The fourth-order valence-electron chi connectivity index (χ4n) is 1.81. The second-order valence-corrected chi connectivity index (χ2v) is 6.79. The summed E-state index contributed by atoms with van der Waals surface area (Å²) in [6.07, 6.45) is 0.739. The van der Waals surface area contributed by atoms with E-state index in [2.05, 4.69) is 4.72 Å². The Balaban J connectivity index is 2.88. The first-order chi connectivity index (χ1) is 8.80. The van der Waals surface area contributed by atoms with E-state index in [1.807, 2.05) is 0 Å². The second kappa shape index (κ2) is 6.47. The van der Waals surface area contributed by atoms with Crippen molar-refractivity contribution in [3.8, 4) is 0 Å². The van der Waals surface area contributed by atoms with Gasteiger partial charge in [-0.25, -0.2) is 13.1 Å². The molecule has 0 bridgehead atoms. The van der Waals surface area contributed by atoms with Crippen LogP contribution in [-0.4, -0.2) is 34.2 Å². The maximum absolute atomic E-state index is 12.2. The van der Waals surface area contributed by atoms with E-state index in [1.165, 1.54) is 7.11 Å². The Kier molecular flexibility index (Phi) is 5.49. The SMILES string of the molecule is COCC(C)(C)NS(=O)(=O)c1ccc(CCN)cc1. The highest BCUT2D eigenvalue weighted by atomic mass is 32.2. The van der Waals surface area contributed by atoms with Crippen molar-refractivity contribution in [1.29, 1.82) is 0 Å². The molecule has 0 radical (unpaired) electrons. The molecule has 0 saturated heterocycles. The van der Waals surface area contributed by atoms with E-state index >= 15 is 0 Å². The standard InChI is InChI=1S/C13H22N2O3S/c1-13(2,10-18-3)15-19(16,17)12-6-4-11(5-7-12)8-9-14/h4-7,15H,8-10,14H2,1-3H3. The number of rotatable bonds is 7. The van der Waals surface area contributed by atoms with Crippen LogP contribution in [0.25, 0.3) is 0 Å². The molecule has 0 amide bonds. The van der Waals surface area contributed by atoms with Crippen LogP contribution in [0.1, 0.15) is 19.4 Å². The Bertz CT molecular complexity index is 495. The van der Waals surface area contributed by atoms with Gasteiger partial charge in [0.1, 0.15) is 0 Å². The first-order valence-electron chi connectivity index (χ1n) is 6.13. The monoisotopic (exact) mass is 286 g/mol. The van der Waals surface area contributed by atoms with Gasteiger partial charge in [-0.05, 0) is 44.5 Å². The number of sulfonamides is 1. The summed E-state index contributed by atoms with van der Waals surface area (Å²) in [6, 6.07) is 6.75. The first kappa shape index (κ1) is 16.1. The van der Waals surface area contributed by atoms with E-state index in [-0.39, 0.29) is 4.90 Å². The lowest BCUT2D eigenvalue weighted by Gasteiger charge is -2.24. The molecule has 0 unspecified atom stereocenters. The van der Waals surface area contributed by atoms with Crippen LogP contribution in [0.2, 0.25) is 0 Å². The summed E-state index contributed by atoms with van der Waals surface area (Å²) in [6.45, 7) is 4.40. The van der Waals surface area contributed by atoms with Crippen LogP contribution < -0.4 is 10.5 Å². The Hall–Kier alpha value is -0.950. The molecule has 0 atom stereocenters. The van der Waals surface area contributed by atoms with Crippen LogP contribution in [0.15, 0.2) is 29.2 Å². The average molecular weight is 286 g/mol. The first-order valence-corrected chi connectivity index (χ1v) is 7.61. The van der Waals surface area contributed by atoms with Gasteiger partial charge < -0.3 is 10.5 Å². The quantitative estimate of drug-likeness (QED) is 0.780. The fourth-order valence-corrected chi connectivity index (χ4v) is 3.21. The molecule has 0 aliphatic rings. The minimum absolute atomic E-state index is 0.248. The van der Waals surface area contributed by atoms with Gasteiger partial charge >= 0.3 is 0 Å². The Morgan fingerprint density at radius 3 is 2.32 bits per heavy atom. The van der Waals surface area contributed by atoms with Gasteiger partial charge in [-0.3, -0.25) is 0 Å². The van der Waals surface area contributed by atoms with Crippen LogP contribution in [0.4, 0.5) is 0 Å². The molecule has 1 aromatic carbocycles. The van der Waals surface area contributed by atoms with Crippen molar-refractivity contribution < 1.29 is 13.2 Å². The zero-order chi connectivity index (χ0) is 14.5. The van der Waals surface area contributed by atoms with E-state index in [0.29, 0.717) is 13.2 Å². The van der Waals surface area contributed by atoms with Crippen molar-refractivity contribution in [3.63, 3.8) is 0 Å². The summed E-state index contributed by atoms with van der Waals surface area (Å²) in [7, 11) is -1.99. The van der Waals surface area contributed by atoms with Crippen LogP contribution in [-0.2, 0) is 21.2 Å². The van der Waals surface area contributed by atoms with Crippen LogP contribution in [0.5, 0.6) is 0 Å². The predicted molar refractivity (Wildman–Crippen MR) is 75.5 cm³/mol. The van der Waals surface area contributed by atoms with Gasteiger partial charge in [-0.1, -0.05) is 12.1 Å².